The van der Waals surface area contributed by atoms with Gasteiger partial charge in [0.25, 0.3) is 0 Å². The fraction of sp³-hybridized carbons (Fsp3) is 1.00. The molecule has 0 radical (unpaired) electrons. The lowest BCUT2D eigenvalue weighted by Crippen LogP contribution is -2.30. The number of hydrogen-bond acceptors (Lipinski definition) is 2. The minimum Gasteiger partial charge on any atom is -0.382 e. The number of piperidine rings is 1. The molecule has 1 aliphatic heterocycles. The van der Waals surface area contributed by atoms with E-state index in [1.165, 1.54) is 38.8 Å². The summed E-state index contributed by atoms with van der Waals surface area (Å²) in [6, 6.07) is 0. The Morgan fingerprint density at radius 3 is 2.62 bits per heavy atom. The summed E-state index contributed by atoms with van der Waals surface area (Å²) in [4.78, 5) is 2.43. The molecule has 0 unspecified atom stereocenters. The Bertz CT molecular complexity index is 119. The molecule has 1 saturated heterocycles. The normalized spacial score (nSPS) is 20.8. The zero-order valence-electron chi connectivity index (χ0n) is 9.09. The molecule has 2 nitrogen and oxygen atoms in total. The smallest absolute Gasteiger partial charge is 0.0465 e. The van der Waals surface area contributed by atoms with Crippen molar-refractivity contribution < 1.29 is 4.74 Å². The van der Waals surface area contributed by atoms with Crippen LogP contribution in [0.1, 0.15) is 32.6 Å². The summed E-state index contributed by atoms with van der Waals surface area (Å²) in [6.45, 7) is 6.48. The van der Waals surface area contributed by atoms with Gasteiger partial charge in [-0.05, 0) is 58.7 Å². The molecule has 0 aromatic rings. The third-order valence-electron chi connectivity index (χ3n) is 2.94. The van der Waals surface area contributed by atoms with Gasteiger partial charge in [0.05, 0.1) is 0 Å². The molecule has 78 valence electrons. The lowest BCUT2D eigenvalue weighted by molar-refractivity contribution is 0.132. The molecule has 0 bridgehead atoms. The summed E-state index contributed by atoms with van der Waals surface area (Å²) in [6.07, 6.45) is 5.40. The first-order valence-electron chi connectivity index (χ1n) is 5.59. The highest BCUT2D eigenvalue weighted by Gasteiger charge is 2.15. The molecule has 1 fully saturated rings. The summed E-state index contributed by atoms with van der Waals surface area (Å²) in [5.74, 6) is 0.969. The van der Waals surface area contributed by atoms with Gasteiger partial charge in [-0.25, -0.2) is 0 Å². The first-order valence-corrected chi connectivity index (χ1v) is 5.59. The zero-order valence-corrected chi connectivity index (χ0v) is 9.09. The Labute approximate surface area is 82.3 Å². The molecule has 0 aromatic carbocycles. The molecule has 0 saturated carbocycles. The number of likely N-dealkylation sites (tertiary alicyclic amines) is 1. The summed E-state index contributed by atoms with van der Waals surface area (Å²) >= 11 is 0. The van der Waals surface area contributed by atoms with E-state index in [0.717, 1.165) is 19.1 Å². The fourth-order valence-corrected chi connectivity index (χ4v) is 1.97. The van der Waals surface area contributed by atoms with E-state index in [2.05, 4.69) is 18.9 Å². The topological polar surface area (TPSA) is 12.5 Å². The van der Waals surface area contributed by atoms with Crippen LogP contribution in [0.25, 0.3) is 0 Å². The average molecular weight is 185 g/mol. The Kier molecular flexibility index (Phi) is 5.40. The highest BCUT2D eigenvalue weighted by molar-refractivity contribution is 4.69. The van der Waals surface area contributed by atoms with Gasteiger partial charge in [0.15, 0.2) is 0 Å². The molecule has 1 aliphatic rings. The average Bonchev–Trinajstić information content (AvgIpc) is 2.15. The Morgan fingerprint density at radius 1 is 1.31 bits per heavy atom. The van der Waals surface area contributed by atoms with Crippen molar-refractivity contribution in [3.8, 4) is 0 Å². The standard InChI is InChI=1S/C11H23NO/c1-3-13-10-4-5-11-6-8-12(2)9-7-11/h11H,3-10H2,1-2H3. The molecule has 0 amide bonds. The van der Waals surface area contributed by atoms with E-state index in [0.29, 0.717) is 0 Å². The molecule has 2 heteroatoms. The van der Waals surface area contributed by atoms with Crippen LogP contribution in [0.2, 0.25) is 0 Å². The second-order valence-electron chi connectivity index (χ2n) is 4.09. The van der Waals surface area contributed by atoms with Crippen LogP contribution in [0.4, 0.5) is 0 Å². The van der Waals surface area contributed by atoms with Crippen LogP contribution < -0.4 is 0 Å². The largest absolute Gasteiger partial charge is 0.382 e. The van der Waals surface area contributed by atoms with Gasteiger partial charge in [-0.15, -0.1) is 0 Å². The number of nitrogens with zero attached hydrogens (tertiary/aromatic N) is 1. The van der Waals surface area contributed by atoms with Gasteiger partial charge in [0.1, 0.15) is 0 Å². The number of ether oxygens (including phenoxy) is 1. The molecule has 13 heavy (non-hydrogen) atoms. The third-order valence-corrected chi connectivity index (χ3v) is 2.94. The second kappa shape index (κ2) is 6.39. The molecule has 0 spiro atoms. The van der Waals surface area contributed by atoms with E-state index >= 15 is 0 Å². The molecule has 0 atom stereocenters. The maximum Gasteiger partial charge on any atom is 0.0465 e. The van der Waals surface area contributed by atoms with Crippen LogP contribution in [0, 0.1) is 5.92 Å². The summed E-state index contributed by atoms with van der Waals surface area (Å²) < 4.78 is 5.34. The highest BCUT2D eigenvalue weighted by atomic mass is 16.5. The minimum atomic E-state index is 0.868. The van der Waals surface area contributed by atoms with E-state index in [4.69, 9.17) is 4.74 Å². The molecule has 0 N–H and O–H groups in total. The first-order chi connectivity index (χ1) is 6.33. The van der Waals surface area contributed by atoms with Crippen molar-refractivity contribution >= 4 is 0 Å². The predicted octanol–water partition coefficient (Wildman–Crippen LogP) is 2.14. The van der Waals surface area contributed by atoms with Crippen LogP contribution in [-0.2, 0) is 4.74 Å². The molecule has 0 aliphatic carbocycles. The maximum atomic E-state index is 5.34. The Morgan fingerprint density at radius 2 is 2.00 bits per heavy atom. The van der Waals surface area contributed by atoms with Crippen LogP contribution in [0.15, 0.2) is 0 Å². The van der Waals surface area contributed by atoms with Crippen LogP contribution in [0.5, 0.6) is 0 Å². The lowest BCUT2D eigenvalue weighted by atomic mass is 9.93. The lowest BCUT2D eigenvalue weighted by Gasteiger charge is -2.28. The zero-order chi connectivity index (χ0) is 9.52. The van der Waals surface area contributed by atoms with Gasteiger partial charge < -0.3 is 9.64 Å². The van der Waals surface area contributed by atoms with Gasteiger partial charge in [-0.1, -0.05) is 0 Å². The maximum absolute atomic E-state index is 5.34. The van der Waals surface area contributed by atoms with E-state index in [1.807, 2.05) is 0 Å². The van der Waals surface area contributed by atoms with E-state index in [9.17, 15) is 0 Å². The first kappa shape index (κ1) is 11.0. The van der Waals surface area contributed by atoms with Crippen molar-refractivity contribution in [1.82, 2.24) is 4.90 Å². The van der Waals surface area contributed by atoms with Crippen molar-refractivity contribution in [2.75, 3.05) is 33.4 Å². The Balaban J connectivity index is 1.96. The van der Waals surface area contributed by atoms with Gasteiger partial charge >= 0.3 is 0 Å². The SMILES string of the molecule is CCOCCCC1CCN(C)CC1. The monoisotopic (exact) mass is 185 g/mol. The van der Waals surface area contributed by atoms with Gasteiger partial charge in [-0.2, -0.15) is 0 Å². The van der Waals surface area contributed by atoms with Crippen molar-refractivity contribution in [2.24, 2.45) is 5.92 Å². The van der Waals surface area contributed by atoms with Crippen molar-refractivity contribution in [1.29, 1.82) is 0 Å². The van der Waals surface area contributed by atoms with Gasteiger partial charge in [0.2, 0.25) is 0 Å². The van der Waals surface area contributed by atoms with Gasteiger partial charge in [-0.3, -0.25) is 0 Å². The minimum absolute atomic E-state index is 0.868. The molecular weight excluding hydrogens is 162 g/mol. The molecule has 1 heterocycles. The molecule has 1 rings (SSSR count). The predicted molar refractivity (Wildman–Crippen MR) is 55.9 cm³/mol. The highest BCUT2D eigenvalue weighted by Crippen LogP contribution is 2.20. The summed E-state index contributed by atoms with van der Waals surface area (Å²) in [5, 5.41) is 0. The van der Waals surface area contributed by atoms with Crippen molar-refractivity contribution in [3.63, 3.8) is 0 Å². The van der Waals surface area contributed by atoms with Gasteiger partial charge in [0, 0.05) is 13.2 Å². The molecular formula is C11H23NO. The number of rotatable bonds is 5. The second-order valence-corrected chi connectivity index (χ2v) is 4.09. The van der Waals surface area contributed by atoms with Crippen LogP contribution >= 0.6 is 0 Å². The van der Waals surface area contributed by atoms with E-state index in [-0.39, 0.29) is 0 Å². The van der Waals surface area contributed by atoms with Crippen LogP contribution in [-0.4, -0.2) is 38.3 Å². The van der Waals surface area contributed by atoms with Crippen molar-refractivity contribution in [2.45, 2.75) is 32.6 Å². The Hall–Kier alpha value is -0.0800. The van der Waals surface area contributed by atoms with E-state index < -0.39 is 0 Å². The summed E-state index contributed by atoms with van der Waals surface area (Å²) in [7, 11) is 2.22. The van der Waals surface area contributed by atoms with Crippen LogP contribution in [0.3, 0.4) is 0 Å². The third kappa shape index (κ3) is 4.63. The summed E-state index contributed by atoms with van der Waals surface area (Å²) in [5.41, 5.74) is 0. The van der Waals surface area contributed by atoms with Crippen molar-refractivity contribution in [3.05, 3.63) is 0 Å². The fourth-order valence-electron chi connectivity index (χ4n) is 1.97. The molecule has 0 aromatic heterocycles. The quantitative estimate of drug-likeness (QED) is 0.608. The van der Waals surface area contributed by atoms with E-state index in [1.54, 1.807) is 0 Å². The number of hydrogen-bond donors (Lipinski definition) is 0.